The number of hydrogen-bond donors (Lipinski definition) is 8. The molecule has 5 aromatic heterocycles. The van der Waals surface area contributed by atoms with Gasteiger partial charge in [0.15, 0.2) is 16.1 Å². The highest BCUT2D eigenvalue weighted by Crippen LogP contribution is 2.02. The number of hydrogen-bond acceptors (Lipinski definition) is 14. The van der Waals surface area contributed by atoms with E-state index in [1.165, 1.54) is 49.8 Å². The topological polar surface area (TPSA) is 270 Å². The van der Waals surface area contributed by atoms with Crippen LogP contribution in [0.5, 0.6) is 0 Å². The number of rotatable bonds is 1. The Morgan fingerprint density at radius 1 is 0.812 bits per heavy atom. The van der Waals surface area contributed by atoms with Gasteiger partial charge < -0.3 is 30.5 Å². The van der Waals surface area contributed by atoms with Crippen molar-refractivity contribution in [3.8, 4) is 0 Å². The number of nitrogens with two attached hydrogens (primary N) is 2. The minimum absolute atomic E-state index is 0.000000000000000222. The Morgan fingerprint density at radius 2 is 1.23 bits per heavy atom. The number of carbonyl (C=O) groups excluding carboxylic acids is 1. The van der Waals surface area contributed by atoms with Crippen molar-refractivity contribution in [2.24, 2.45) is 32.6 Å². The molecule has 26 heteroatoms. The summed E-state index contributed by atoms with van der Waals surface area (Å²) in [4.78, 5) is 15.7. The van der Waals surface area contributed by atoms with Crippen molar-refractivity contribution < 1.29 is 18.1 Å². The SMILES string of the molecule is CCC.CCC.CCC.CCC.CCC.CCC.CCC.CN(C)C(=O)c1c[nH]ccc1=S.CS(=O)[O-].C[n+]1ccccc1S.Cn1[nH]nnc1=S.Cn1cn[nH]c1=S.NC(N)=S.S=c1nn[nH][nH]1. The molecule has 0 spiro atoms. The predicted octanol–water partition coefficient (Wildman–Crippen LogP) is 11.1. The molecule has 1 unspecified atom stereocenters. The zero-order valence-corrected chi connectivity index (χ0v) is 51.2. The quantitative estimate of drug-likeness (QED) is 0.0336. The van der Waals surface area contributed by atoms with Crippen LogP contribution in [0.2, 0.25) is 0 Å². The summed E-state index contributed by atoms with van der Waals surface area (Å²) in [6.45, 7) is 29.8. The summed E-state index contributed by atoms with van der Waals surface area (Å²) < 4.78 is 25.3. The molecule has 0 radical (unpaired) electrons. The molecule has 0 aliphatic heterocycles. The smallest absolute Gasteiger partial charge is 0.256 e. The highest BCUT2D eigenvalue weighted by atomic mass is 32.2. The van der Waals surface area contributed by atoms with Gasteiger partial charge in [-0.3, -0.25) is 19.2 Å². The van der Waals surface area contributed by atoms with Crippen molar-refractivity contribution in [3.63, 3.8) is 0 Å². The number of thiocarbonyl (C=S) groups is 1. The molecule has 69 heavy (non-hydrogen) atoms. The van der Waals surface area contributed by atoms with E-state index in [4.69, 9.17) is 33.2 Å². The standard InChI is InChI=1S/C8H10N2OS.C6H7NS.C3H5N3S.7C3H8.C2H4N4S.CH2N4S.CH4N2S.CH4O2S/c1-10(2)8(11)6-5-9-4-3-7(6)12;1-7-5-3-2-4-6(7)8;1-6-2-4-5-3(6)7;7*1-3-2;1-6-2(7)3-4-5-6;6-1-2-4-5-3-1;2-1(3)4;1-4(2)3/h3-5H,1-2H3,(H,9,12);2-5H,1H3;2H,1H3,(H,5,7);7*3H2,1-2H3;1H3,(H,3,5,7);(H2,2,3,4,5,6);(H4,2,3,4);1H3,(H,2,3). The molecule has 5 heterocycles. The van der Waals surface area contributed by atoms with Gasteiger partial charge in [0.2, 0.25) is 14.6 Å². The highest BCUT2D eigenvalue weighted by Gasteiger charge is 2.08. The van der Waals surface area contributed by atoms with Crippen LogP contribution in [0.1, 0.15) is 152 Å². The highest BCUT2D eigenvalue weighted by molar-refractivity contribution is 7.80. The van der Waals surface area contributed by atoms with Crippen molar-refractivity contribution >= 4 is 95.8 Å². The number of aromatic amines is 5. The zero-order chi connectivity index (χ0) is 56.2. The van der Waals surface area contributed by atoms with E-state index in [2.05, 4.69) is 209 Å². The number of nitrogens with zero attached hydrogens (tertiary/aromatic N) is 9. The first-order valence-corrected chi connectivity index (χ1v) is 26.3. The first-order chi connectivity index (χ1) is 32.3. The monoisotopic (exact) mass is 1100 g/mol. The molecule has 404 valence electrons. The Labute approximate surface area is 449 Å². The summed E-state index contributed by atoms with van der Waals surface area (Å²) in [5, 5.41) is 28.1. The fourth-order valence-electron chi connectivity index (χ4n) is 2.05. The Balaban J connectivity index is -0.0000000829. The zero-order valence-electron chi connectivity index (χ0n) is 45.4. The van der Waals surface area contributed by atoms with Gasteiger partial charge in [0.25, 0.3) is 5.91 Å². The molecule has 19 nitrogen and oxygen atoms in total. The van der Waals surface area contributed by atoms with Crippen LogP contribution in [-0.2, 0) is 32.2 Å². The average Bonchev–Trinajstić information content (AvgIpc) is 4.00. The number of pyridine rings is 2. The molecule has 5 rings (SSSR count). The van der Waals surface area contributed by atoms with E-state index < -0.39 is 11.1 Å². The number of thiol groups is 1. The number of tetrazole rings is 2. The average molecular weight is 1110 g/mol. The second-order valence-corrected chi connectivity index (χ2v) is 16.5. The molecular weight excluding hydrogens is 1010 g/mol. The van der Waals surface area contributed by atoms with Gasteiger partial charge in [-0.05, 0) is 67.3 Å². The van der Waals surface area contributed by atoms with E-state index >= 15 is 0 Å². The summed E-state index contributed by atoms with van der Waals surface area (Å²) in [6.07, 6.45) is 16.7. The lowest BCUT2D eigenvalue weighted by Gasteiger charge is -2.09. The molecule has 0 saturated carbocycles. The van der Waals surface area contributed by atoms with Crippen molar-refractivity contribution in [2.45, 2.75) is 147 Å². The Kier molecular flexibility index (Phi) is 87.0. The fourth-order valence-corrected chi connectivity index (χ4v) is 2.69. The Hall–Kier alpha value is -3.92. The number of aromatic nitrogens is 13. The molecule has 1 atom stereocenters. The van der Waals surface area contributed by atoms with E-state index in [0.717, 1.165) is 11.3 Å². The molecule has 1 amide bonds. The third kappa shape index (κ3) is 87.7. The summed E-state index contributed by atoms with van der Waals surface area (Å²) in [6, 6.07) is 7.58. The van der Waals surface area contributed by atoms with Crippen LogP contribution >= 0.6 is 73.7 Å². The molecule has 9 N–H and O–H groups in total. The molecule has 0 fully saturated rings. The molecule has 0 bridgehead atoms. The maximum Gasteiger partial charge on any atom is 0.256 e. The summed E-state index contributed by atoms with van der Waals surface area (Å²) >= 11 is 25.2. The molecule has 5 aromatic rings. The molecule has 0 aliphatic carbocycles. The number of aryl methyl sites for hydroxylation is 3. The van der Waals surface area contributed by atoms with Crippen LogP contribution < -0.4 is 16.0 Å². The number of carbonyl (C=O) groups is 1. The van der Waals surface area contributed by atoms with Crippen molar-refractivity contribution in [2.75, 3.05) is 20.4 Å². The normalized spacial score (nSPS) is 8.43. The van der Waals surface area contributed by atoms with Gasteiger partial charge in [0.05, 0.1) is 10.1 Å². The van der Waals surface area contributed by atoms with Crippen LogP contribution in [0.25, 0.3) is 0 Å². The lowest BCUT2D eigenvalue weighted by molar-refractivity contribution is -0.708. The van der Waals surface area contributed by atoms with Crippen LogP contribution in [0.3, 0.4) is 0 Å². The molecule has 0 aromatic carbocycles. The van der Waals surface area contributed by atoms with Gasteiger partial charge >= 0.3 is 0 Å². The third-order valence-electron chi connectivity index (χ3n) is 4.17. The first kappa shape index (κ1) is 85.0. The first-order valence-electron chi connectivity index (χ1n) is 22.3. The van der Waals surface area contributed by atoms with Gasteiger partial charge in [0.1, 0.15) is 13.4 Å². The fraction of sp³-hybridized carbons (Fsp3) is 0.628. The van der Waals surface area contributed by atoms with E-state index in [9.17, 15) is 4.79 Å². The van der Waals surface area contributed by atoms with Gasteiger partial charge in [-0.15, -0.1) is 0 Å². The van der Waals surface area contributed by atoms with E-state index in [1.807, 2.05) is 43.1 Å². The van der Waals surface area contributed by atoms with Crippen molar-refractivity contribution in [1.29, 1.82) is 0 Å². The number of nitrogens with one attached hydrogen (secondary N) is 5. The molecule has 0 saturated heterocycles. The minimum atomic E-state index is -1.86. The second kappa shape index (κ2) is 70.6. The maximum atomic E-state index is 11.4. The third-order valence-corrected chi connectivity index (χ3v) is 5.91. The summed E-state index contributed by atoms with van der Waals surface area (Å²) in [5.41, 5.74) is 9.78. The largest absolute Gasteiger partial charge is 0.773 e. The molecule has 0 aliphatic rings. The van der Waals surface area contributed by atoms with Crippen LogP contribution in [0, 0.1) is 18.8 Å². The van der Waals surface area contributed by atoms with E-state index in [0.29, 0.717) is 24.4 Å². The van der Waals surface area contributed by atoms with Crippen LogP contribution in [0.15, 0.2) is 54.2 Å². The van der Waals surface area contributed by atoms with Gasteiger partial charge in [-0.25, -0.2) is 4.68 Å². The van der Waals surface area contributed by atoms with Gasteiger partial charge in [-0.1, -0.05) is 198 Å². The molecular formula is C43H92N16O3S7. The second-order valence-electron chi connectivity index (χ2n) is 13.2. The summed E-state index contributed by atoms with van der Waals surface area (Å²) in [7, 11) is 8.95. The maximum absolute atomic E-state index is 11.4. The summed E-state index contributed by atoms with van der Waals surface area (Å²) in [5.74, 6) is -0.0724. The van der Waals surface area contributed by atoms with Gasteiger partial charge in [0, 0.05) is 52.7 Å². The van der Waals surface area contributed by atoms with Crippen molar-refractivity contribution in [3.05, 3.63) is 73.6 Å². The van der Waals surface area contributed by atoms with Gasteiger partial charge in [-0.2, -0.15) is 20.1 Å². The Bertz CT molecular complexity index is 1890. The van der Waals surface area contributed by atoms with Crippen molar-refractivity contribution in [1.82, 2.24) is 65.5 Å². The van der Waals surface area contributed by atoms with E-state index in [-0.39, 0.29) is 11.0 Å². The van der Waals surface area contributed by atoms with Crippen LogP contribution in [-0.4, -0.2) is 106 Å². The number of amides is 1. The minimum Gasteiger partial charge on any atom is -0.773 e. The lowest BCUT2D eigenvalue weighted by atomic mass is 10.2. The Morgan fingerprint density at radius 3 is 1.41 bits per heavy atom. The van der Waals surface area contributed by atoms with E-state index in [1.54, 1.807) is 55.2 Å². The lowest BCUT2D eigenvalue weighted by Crippen LogP contribution is -2.28. The predicted molar refractivity (Wildman–Crippen MR) is 308 cm³/mol. The van der Waals surface area contributed by atoms with Crippen LogP contribution in [0.4, 0.5) is 0 Å². The number of H-pyrrole nitrogens is 5.